The van der Waals surface area contributed by atoms with Crippen LogP contribution in [0.25, 0.3) is 0 Å². The molecule has 0 amide bonds. The standard InChI is InChI=1S/C9H8INO3S/c1-2-4-7-5-3-6-8(9(7)10-12)15(11,13)14/h1,3,5-6H,4H2,(H2,11,13,14). The van der Waals surface area contributed by atoms with E-state index in [-0.39, 0.29) is 14.9 Å². The van der Waals surface area contributed by atoms with Crippen molar-refractivity contribution < 1.29 is 11.5 Å². The van der Waals surface area contributed by atoms with Crippen molar-refractivity contribution in [1.29, 1.82) is 0 Å². The van der Waals surface area contributed by atoms with E-state index in [4.69, 9.17) is 11.6 Å². The Labute approximate surface area is 98.6 Å². The SMILES string of the molecule is C#CCc1cccc(S(N)(=O)=O)c1I=O. The fourth-order valence-corrected chi connectivity index (χ4v) is 3.94. The molecule has 0 aliphatic heterocycles. The van der Waals surface area contributed by atoms with Gasteiger partial charge in [-0.3, -0.25) is 3.07 Å². The lowest BCUT2D eigenvalue weighted by Gasteiger charge is -2.04. The maximum absolute atomic E-state index is 11.2. The van der Waals surface area contributed by atoms with Gasteiger partial charge in [0, 0.05) is 6.42 Å². The highest BCUT2D eigenvalue weighted by molar-refractivity contribution is 14.1. The van der Waals surface area contributed by atoms with E-state index in [0.29, 0.717) is 5.56 Å². The Kier molecular flexibility index (Phi) is 3.96. The van der Waals surface area contributed by atoms with Gasteiger partial charge in [0.2, 0.25) is 10.0 Å². The molecule has 0 fully saturated rings. The fraction of sp³-hybridized carbons (Fsp3) is 0.111. The molecule has 1 rings (SSSR count). The van der Waals surface area contributed by atoms with Crippen molar-refractivity contribution in [3.8, 4) is 12.3 Å². The number of rotatable bonds is 3. The topological polar surface area (TPSA) is 77.2 Å². The van der Waals surface area contributed by atoms with Crippen LogP contribution in [-0.2, 0) is 19.5 Å². The highest BCUT2D eigenvalue weighted by Crippen LogP contribution is 2.24. The second-order valence-corrected chi connectivity index (χ2v) is 5.78. The molecule has 0 saturated carbocycles. The molecule has 0 atom stereocenters. The molecular formula is C9H8INO3S. The molecule has 15 heavy (non-hydrogen) atoms. The third kappa shape index (κ3) is 2.84. The molecular weight excluding hydrogens is 329 g/mol. The first-order valence-corrected chi connectivity index (χ1v) is 7.36. The minimum atomic E-state index is -3.83. The molecule has 80 valence electrons. The molecule has 0 unspecified atom stereocenters. The molecule has 0 aromatic heterocycles. The summed E-state index contributed by atoms with van der Waals surface area (Å²) >= 11 is -1.62. The summed E-state index contributed by atoms with van der Waals surface area (Å²) < 4.78 is 33.6. The Balaban J connectivity index is 3.50. The Morgan fingerprint density at radius 2 is 2.13 bits per heavy atom. The summed E-state index contributed by atoms with van der Waals surface area (Å²) in [6, 6.07) is 4.53. The predicted octanol–water partition coefficient (Wildman–Crippen LogP) is 0.996. The van der Waals surface area contributed by atoms with E-state index in [1.807, 2.05) is 0 Å². The Hall–Kier alpha value is -0.780. The van der Waals surface area contributed by atoms with Crippen LogP contribution in [0, 0.1) is 15.9 Å². The molecule has 6 heteroatoms. The molecule has 1 aromatic rings. The third-order valence-corrected chi connectivity index (χ3v) is 4.75. The highest BCUT2D eigenvalue weighted by atomic mass is 127. The predicted molar refractivity (Wildman–Crippen MR) is 63.8 cm³/mol. The van der Waals surface area contributed by atoms with Gasteiger partial charge in [-0.05, 0) is 11.6 Å². The fourth-order valence-electron chi connectivity index (χ4n) is 1.11. The van der Waals surface area contributed by atoms with Gasteiger partial charge in [-0.15, -0.1) is 12.3 Å². The molecule has 2 N–H and O–H groups in total. The second kappa shape index (κ2) is 4.83. The van der Waals surface area contributed by atoms with Crippen molar-refractivity contribution in [3.05, 3.63) is 27.3 Å². The maximum atomic E-state index is 11.2. The zero-order valence-corrected chi connectivity index (χ0v) is 10.6. The van der Waals surface area contributed by atoms with Gasteiger partial charge < -0.3 is 0 Å². The van der Waals surface area contributed by atoms with Gasteiger partial charge in [-0.25, -0.2) is 13.6 Å². The van der Waals surface area contributed by atoms with Gasteiger partial charge in [-0.2, -0.15) is 0 Å². The molecule has 0 heterocycles. The number of sulfonamides is 1. The largest absolute Gasteiger partial charge is 0.265 e. The number of terminal acetylenes is 1. The van der Waals surface area contributed by atoms with Crippen molar-refractivity contribution in [2.75, 3.05) is 0 Å². The Bertz CT molecular complexity index is 531. The van der Waals surface area contributed by atoms with Crippen LogP contribution in [0.5, 0.6) is 0 Å². The molecule has 0 saturated heterocycles. The third-order valence-electron chi connectivity index (χ3n) is 1.72. The number of hydrogen-bond acceptors (Lipinski definition) is 3. The van der Waals surface area contributed by atoms with Crippen molar-refractivity contribution in [2.24, 2.45) is 5.14 Å². The summed E-state index contributed by atoms with van der Waals surface area (Å²) in [5.74, 6) is 2.38. The number of benzene rings is 1. The van der Waals surface area contributed by atoms with Crippen LogP contribution < -0.4 is 5.14 Å². The molecule has 1 aromatic carbocycles. The summed E-state index contributed by atoms with van der Waals surface area (Å²) in [4.78, 5) is -0.0851. The van der Waals surface area contributed by atoms with Crippen LogP contribution in [0.4, 0.5) is 0 Å². The minimum absolute atomic E-state index is 0.0851. The second-order valence-electron chi connectivity index (χ2n) is 2.73. The van der Waals surface area contributed by atoms with Crippen LogP contribution >= 0.6 is 21.2 Å². The van der Waals surface area contributed by atoms with Crippen LogP contribution in [0.15, 0.2) is 23.1 Å². The molecule has 0 bridgehead atoms. The summed E-state index contributed by atoms with van der Waals surface area (Å²) in [6.45, 7) is 0. The van der Waals surface area contributed by atoms with Gasteiger partial charge in [0.1, 0.15) is 0 Å². The molecule has 0 spiro atoms. The minimum Gasteiger partial charge on any atom is -0.265 e. The smallest absolute Gasteiger partial charge is 0.239 e. The molecule has 0 aliphatic carbocycles. The molecule has 4 nitrogen and oxygen atoms in total. The lowest BCUT2D eigenvalue weighted by atomic mass is 10.2. The van der Waals surface area contributed by atoms with Crippen molar-refractivity contribution in [3.63, 3.8) is 0 Å². The van der Waals surface area contributed by atoms with Crippen LogP contribution in [0.2, 0.25) is 0 Å². The van der Waals surface area contributed by atoms with E-state index in [9.17, 15) is 11.5 Å². The zero-order valence-electron chi connectivity index (χ0n) is 7.60. The van der Waals surface area contributed by atoms with E-state index < -0.39 is 31.2 Å². The molecule has 0 aliphatic rings. The number of hydrogen-bond donors (Lipinski definition) is 1. The Morgan fingerprint density at radius 3 is 2.60 bits per heavy atom. The summed E-state index contributed by atoms with van der Waals surface area (Å²) in [5.41, 5.74) is 0.590. The normalized spacial score (nSPS) is 10.9. The number of halogens is 1. The lowest BCUT2D eigenvalue weighted by molar-refractivity contribution is 0.597. The van der Waals surface area contributed by atoms with Crippen LogP contribution in [0.1, 0.15) is 5.56 Å². The summed E-state index contributed by atoms with van der Waals surface area (Å²) in [5, 5.41) is 5.00. The summed E-state index contributed by atoms with van der Waals surface area (Å²) in [7, 11) is -3.83. The first kappa shape index (κ1) is 12.3. The van der Waals surface area contributed by atoms with Gasteiger partial charge in [0.05, 0.1) is 8.47 Å². The van der Waals surface area contributed by atoms with E-state index in [2.05, 4.69) is 5.92 Å². The van der Waals surface area contributed by atoms with Crippen LogP contribution in [0.3, 0.4) is 0 Å². The quantitative estimate of drug-likeness (QED) is 0.660. The van der Waals surface area contributed by atoms with E-state index in [0.717, 1.165) is 0 Å². The van der Waals surface area contributed by atoms with Gasteiger partial charge in [0.15, 0.2) is 21.2 Å². The highest BCUT2D eigenvalue weighted by Gasteiger charge is 2.16. The maximum Gasteiger partial charge on any atom is 0.239 e. The first-order chi connectivity index (χ1) is 7.00. The van der Waals surface area contributed by atoms with Crippen molar-refractivity contribution in [2.45, 2.75) is 11.3 Å². The van der Waals surface area contributed by atoms with E-state index in [1.165, 1.54) is 12.1 Å². The average molecular weight is 337 g/mol. The first-order valence-electron chi connectivity index (χ1n) is 3.86. The lowest BCUT2D eigenvalue weighted by Crippen LogP contribution is -2.14. The Morgan fingerprint density at radius 1 is 1.47 bits per heavy atom. The number of nitrogens with two attached hydrogens (primary N) is 1. The van der Waals surface area contributed by atoms with Gasteiger partial charge in [0.25, 0.3) is 0 Å². The van der Waals surface area contributed by atoms with Crippen LogP contribution in [-0.4, -0.2) is 8.42 Å². The average Bonchev–Trinajstić information content (AvgIpc) is 2.16. The molecule has 0 radical (unpaired) electrons. The van der Waals surface area contributed by atoms with E-state index in [1.54, 1.807) is 6.07 Å². The van der Waals surface area contributed by atoms with E-state index >= 15 is 0 Å². The summed E-state index contributed by atoms with van der Waals surface area (Å²) in [6.07, 6.45) is 5.37. The zero-order chi connectivity index (χ0) is 11.5. The monoisotopic (exact) mass is 337 g/mol. The van der Waals surface area contributed by atoms with Crippen molar-refractivity contribution in [1.82, 2.24) is 0 Å². The van der Waals surface area contributed by atoms with Crippen molar-refractivity contribution >= 4 is 31.2 Å². The van der Waals surface area contributed by atoms with Gasteiger partial charge in [-0.1, -0.05) is 12.1 Å². The number of primary sulfonamides is 1. The van der Waals surface area contributed by atoms with Gasteiger partial charge >= 0.3 is 0 Å².